The molecule has 0 heterocycles. The molecule has 1 N–H and O–H groups in total. The molecule has 0 radical (unpaired) electrons. The first kappa shape index (κ1) is 10.5. The van der Waals surface area contributed by atoms with E-state index in [9.17, 15) is 4.79 Å². The maximum Gasteiger partial charge on any atom is 0.311 e. The Hall–Kier alpha value is -1.02. The van der Waals surface area contributed by atoms with Crippen molar-refractivity contribution in [3.8, 4) is 0 Å². The summed E-state index contributed by atoms with van der Waals surface area (Å²) < 4.78 is 0. The van der Waals surface area contributed by atoms with Crippen molar-refractivity contribution in [3.05, 3.63) is 34.3 Å². The van der Waals surface area contributed by atoms with Crippen LogP contribution in [-0.4, -0.2) is 11.1 Å². The van der Waals surface area contributed by atoms with Crippen molar-refractivity contribution in [2.24, 2.45) is 5.92 Å². The van der Waals surface area contributed by atoms with Gasteiger partial charge in [-0.3, -0.25) is 4.79 Å². The quantitative estimate of drug-likeness (QED) is 0.856. The van der Waals surface area contributed by atoms with Crippen LogP contribution in [0.4, 0.5) is 0 Å². The van der Waals surface area contributed by atoms with Crippen LogP contribution in [-0.2, 0) is 4.79 Å². The van der Waals surface area contributed by atoms with Gasteiger partial charge in [0.15, 0.2) is 0 Å². The van der Waals surface area contributed by atoms with Crippen molar-refractivity contribution < 1.29 is 9.90 Å². The third kappa shape index (κ3) is 2.15. The summed E-state index contributed by atoms with van der Waals surface area (Å²) in [6.45, 7) is 1.90. The van der Waals surface area contributed by atoms with Crippen molar-refractivity contribution in [2.75, 3.05) is 0 Å². The fraction of sp³-hybridized carbons (Fsp3) is 0.417. The zero-order valence-corrected chi connectivity index (χ0v) is 9.29. The molecule has 1 aliphatic carbocycles. The Kier molecular flexibility index (Phi) is 2.70. The molecule has 0 bridgehead atoms. The van der Waals surface area contributed by atoms with Gasteiger partial charge >= 0.3 is 5.97 Å². The van der Waals surface area contributed by atoms with Crippen LogP contribution in [0.3, 0.4) is 0 Å². The smallest absolute Gasteiger partial charge is 0.311 e. The number of rotatable bonds is 3. The standard InChI is InChI=1S/C12H13ClO2/c1-7-6-9(4-5-10(7)13)11(12(14)15)8-2-3-8/h4-6,8,11H,2-3H2,1H3,(H,14,15). The number of halogens is 1. The summed E-state index contributed by atoms with van der Waals surface area (Å²) >= 11 is 5.91. The van der Waals surface area contributed by atoms with E-state index in [1.807, 2.05) is 19.1 Å². The summed E-state index contributed by atoms with van der Waals surface area (Å²) in [7, 11) is 0. The molecule has 0 saturated heterocycles. The van der Waals surface area contributed by atoms with Crippen molar-refractivity contribution in [3.63, 3.8) is 0 Å². The highest BCUT2D eigenvalue weighted by atomic mass is 35.5. The molecule has 1 aromatic rings. The van der Waals surface area contributed by atoms with E-state index >= 15 is 0 Å². The zero-order chi connectivity index (χ0) is 11.0. The minimum atomic E-state index is -0.723. The number of hydrogen-bond donors (Lipinski definition) is 1. The average molecular weight is 225 g/mol. The molecule has 1 atom stereocenters. The van der Waals surface area contributed by atoms with Gasteiger partial charge in [0.2, 0.25) is 0 Å². The van der Waals surface area contributed by atoms with E-state index in [0.717, 1.165) is 24.0 Å². The number of carboxylic acid groups (broad SMARTS) is 1. The van der Waals surface area contributed by atoms with Gasteiger partial charge in [0.05, 0.1) is 5.92 Å². The van der Waals surface area contributed by atoms with Crippen molar-refractivity contribution in [1.29, 1.82) is 0 Å². The van der Waals surface area contributed by atoms with Crippen LogP contribution in [0, 0.1) is 12.8 Å². The van der Waals surface area contributed by atoms with Crippen molar-refractivity contribution in [1.82, 2.24) is 0 Å². The zero-order valence-electron chi connectivity index (χ0n) is 8.53. The molecule has 0 aliphatic heterocycles. The van der Waals surface area contributed by atoms with E-state index in [4.69, 9.17) is 16.7 Å². The highest BCUT2D eigenvalue weighted by Crippen LogP contribution is 2.43. The Morgan fingerprint density at radius 2 is 2.20 bits per heavy atom. The number of carbonyl (C=O) groups is 1. The number of aryl methyl sites for hydroxylation is 1. The minimum Gasteiger partial charge on any atom is -0.481 e. The first-order chi connectivity index (χ1) is 7.09. The summed E-state index contributed by atoms with van der Waals surface area (Å²) in [4.78, 5) is 11.1. The van der Waals surface area contributed by atoms with Gasteiger partial charge in [-0.15, -0.1) is 0 Å². The van der Waals surface area contributed by atoms with Gasteiger partial charge in [0.25, 0.3) is 0 Å². The number of benzene rings is 1. The van der Waals surface area contributed by atoms with Crippen LogP contribution in [0.5, 0.6) is 0 Å². The first-order valence-electron chi connectivity index (χ1n) is 5.08. The molecule has 2 nitrogen and oxygen atoms in total. The molecular weight excluding hydrogens is 212 g/mol. The maximum atomic E-state index is 11.1. The molecule has 0 amide bonds. The number of carboxylic acids is 1. The third-order valence-electron chi connectivity index (χ3n) is 2.90. The van der Waals surface area contributed by atoms with E-state index in [2.05, 4.69) is 0 Å². The van der Waals surface area contributed by atoms with E-state index in [1.165, 1.54) is 0 Å². The van der Waals surface area contributed by atoms with Gasteiger partial charge in [-0.05, 0) is 42.9 Å². The van der Waals surface area contributed by atoms with Crippen LogP contribution in [0.1, 0.15) is 29.9 Å². The van der Waals surface area contributed by atoms with Gasteiger partial charge in [-0.1, -0.05) is 23.7 Å². The molecule has 2 rings (SSSR count). The molecular formula is C12H13ClO2. The van der Waals surface area contributed by atoms with Gasteiger partial charge in [-0.2, -0.15) is 0 Å². The minimum absolute atomic E-state index is 0.322. The molecule has 1 aliphatic rings. The summed E-state index contributed by atoms with van der Waals surface area (Å²) in [6, 6.07) is 5.50. The van der Waals surface area contributed by atoms with E-state index < -0.39 is 5.97 Å². The molecule has 80 valence electrons. The largest absolute Gasteiger partial charge is 0.481 e. The second-order valence-corrected chi connectivity index (χ2v) is 4.57. The van der Waals surface area contributed by atoms with Crippen LogP contribution >= 0.6 is 11.6 Å². The monoisotopic (exact) mass is 224 g/mol. The lowest BCUT2D eigenvalue weighted by atomic mass is 9.93. The molecule has 0 aromatic heterocycles. The SMILES string of the molecule is Cc1cc(C(C(=O)O)C2CC2)ccc1Cl. The normalized spacial score (nSPS) is 17.5. The molecule has 1 aromatic carbocycles. The Labute approximate surface area is 93.9 Å². The van der Waals surface area contributed by atoms with Crippen LogP contribution < -0.4 is 0 Å². The Balaban J connectivity index is 2.33. The molecule has 1 fully saturated rings. The van der Waals surface area contributed by atoms with E-state index in [-0.39, 0.29) is 5.92 Å². The Morgan fingerprint density at radius 3 is 2.67 bits per heavy atom. The number of aliphatic carboxylic acids is 1. The molecule has 3 heteroatoms. The third-order valence-corrected chi connectivity index (χ3v) is 3.32. The van der Waals surface area contributed by atoms with Crippen molar-refractivity contribution in [2.45, 2.75) is 25.7 Å². The predicted octanol–water partition coefficient (Wildman–Crippen LogP) is 3.23. The van der Waals surface area contributed by atoms with Crippen LogP contribution in [0.15, 0.2) is 18.2 Å². The lowest BCUT2D eigenvalue weighted by molar-refractivity contribution is -0.139. The molecule has 0 spiro atoms. The first-order valence-corrected chi connectivity index (χ1v) is 5.46. The lowest BCUT2D eigenvalue weighted by Gasteiger charge is -2.12. The molecule has 1 unspecified atom stereocenters. The molecule has 1 saturated carbocycles. The molecule has 15 heavy (non-hydrogen) atoms. The van der Waals surface area contributed by atoms with Crippen LogP contribution in [0.25, 0.3) is 0 Å². The fourth-order valence-corrected chi connectivity index (χ4v) is 2.02. The van der Waals surface area contributed by atoms with Crippen molar-refractivity contribution >= 4 is 17.6 Å². The summed E-state index contributed by atoms with van der Waals surface area (Å²) in [5.41, 5.74) is 1.83. The fourth-order valence-electron chi connectivity index (χ4n) is 1.91. The Bertz CT molecular complexity index is 397. The summed E-state index contributed by atoms with van der Waals surface area (Å²) in [6.07, 6.45) is 2.05. The van der Waals surface area contributed by atoms with E-state index in [1.54, 1.807) is 6.07 Å². The summed E-state index contributed by atoms with van der Waals surface area (Å²) in [5, 5.41) is 9.86. The second-order valence-electron chi connectivity index (χ2n) is 4.16. The van der Waals surface area contributed by atoms with E-state index in [0.29, 0.717) is 10.9 Å². The Morgan fingerprint density at radius 1 is 1.53 bits per heavy atom. The lowest BCUT2D eigenvalue weighted by Crippen LogP contribution is -2.13. The van der Waals surface area contributed by atoms with Gasteiger partial charge in [-0.25, -0.2) is 0 Å². The highest BCUT2D eigenvalue weighted by Gasteiger charge is 2.37. The van der Waals surface area contributed by atoms with Gasteiger partial charge < -0.3 is 5.11 Å². The van der Waals surface area contributed by atoms with Crippen LogP contribution in [0.2, 0.25) is 5.02 Å². The topological polar surface area (TPSA) is 37.3 Å². The summed E-state index contributed by atoms with van der Waals surface area (Å²) in [5.74, 6) is -0.747. The average Bonchev–Trinajstić information content (AvgIpc) is 2.95. The maximum absolute atomic E-state index is 11.1. The highest BCUT2D eigenvalue weighted by molar-refractivity contribution is 6.31. The predicted molar refractivity (Wildman–Crippen MR) is 59.3 cm³/mol. The van der Waals surface area contributed by atoms with Gasteiger partial charge in [0, 0.05) is 5.02 Å². The second kappa shape index (κ2) is 3.86. The van der Waals surface area contributed by atoms with Gasteiger partial charge in [0.1, 0.15) is 0 Å². The number of hydrogen-bond acceptors (Lipinski definition) is 1.